The molecule has 0 atom stereocenters. The molecule has 0 spiro atoms. The van der Waals surface area contributed by atoms with Crippen LogP contribution in [0, 0.1) is 0 Å². The Morgan fingerprint density at radius 1 is 0.889 bits per heavy atom. The lowest BCUT2D eigenvalue weighted by Gasteiger charge is -2.09. The van der Waals surface area contributed by atoms with Crippen molar-refractivity contribution in [2.45, 2.75) is 6.42 Å². The van der Waals surface area contributed by atoms with E-state index in [1.807, 2.05) is 78.9 Å². The molecule has 5 aromatic rings. The third-order valence-electron chi connectivity index (χ3n) is 5.48. The van der Waals surface area contributed by atoms with Gasteiger partial charge in [0.25, 0.3) is 5.71 Å². The number of hydrogen-bond donors (Lipinski definition) is 3. The highest BCUT2D eigenvalue weighted by molar-refractivity contribution is 5.99. The Morgan fingerprint density at radius 3 is 2.33 bits per heavy atom. The fraction of sp³-hybridized carbons (Fsp3) is 0.111. The fourth-order valence-electron chi connectivity index (χ4n) is 3.64. The Bertz CT molecular complexity index is 1450. The molecule has 3 N–H and O–H groups in total. The van der Waals surface area contributed by atoms with E-state index in [0.29, 0.717) is 35.2 Å². The minimum absolute atomic E-state index is 0.287. The molecule has 9 heteroatoms. The van der Waals surface area contributed by atoms with Gasteiger partial charge >= 0.3 is 6.03 Å². The third-order valence-corrected chi connectivity index (χ3v) is 5.48. The second kappa shape index (κ2) is 10.6. The summed E-state index contributed by atoms with van der Waals surface area (Å²) in [5, 5.41) is 8.95. The van der Waals surface area contributed by atoms with Crippen LogP contribution in [0.4, 0.5) is 22.0 Å². The summed E-state index contributed by atoms with van der Waals surface area (Å²) in [6.45, 7) is 0.637. The smallest absolute Gasteiger partial charge is 0.323 e. The van der Waals surface area contributed by atoms with Crippen molar-refractivity contribution in [2.75, 3.05) is 29.6 Å². The maximum absolute atomic E-state index is 12.2. The molecule has 3 aromatic carbocycles. The Labute approximate surface area is 207 Å². The number of para-hydroxylation sites is 1. The number of hydrogen-bond acceptors (Lipinski definition) is 7. The number of urea groups is 1. The first-order chi connectivity index (χ1) is 17.7. The van der Waals surface area contributed by atoms with Gasteiger partial charge in [0.2, 0.25) is 5.89 Å². The SMILES string of the molecule is COc1ccc(-c2nc3c(NCCc4ccc(NC(=O)Nc5ccccc5)cc4)ncnc3o2)cc1. The van der Waals surface area contributed by atoms with Crippen LogP contribution < -0.4 is 20.7 Å². The predicted molar refractivity (Wildman–Crippen MR) is 139 cm³/mol. The monoisotopic (exact) mass is 480 g/mol. The maximum Gasteiger partial charge on any atom is 0.323 e. The maximum atomic E-state index is 12.2. The lowest BCUT2D eigenvalue weighted by atomic mass is 10.1. The quantitative estimate of drug-likeness (QED) is 0.265. The minimum Gasteiger partial charge on any atom is -0.497 e. The molecule has 0 fully saturated rings. The number of oxazole rings is 1. The van der Waals surface area contributed by atoms with Crippen LogP contribution in [0.25, 0.3) is 22.7 Å². The van der Waals surface area contributed by atoms with Gasteiger partial charge in [0, 0.05) is 23.5 Å². The highest BCUT2D eigenvalue weighted by Crippen LogP contribution is 2.27. The number of benzene rings is 3. The number of carbonyl (C=O) groups excluding carboxylic acids is 1. The molecule has 9 nitrogen and oxygen atoms in total. The normalized spacial score (nSPS) is 10.7. The summed E-state index contributed by atoms with van der Waals surface area (Å²) < 4.78 is 11.0. The standard InChI is InChI=1S/C27H24N6O3/c1-35-22-13-9-19(10-14-22)25-33-23-24(29-17-30-26(23)36-25)28-16-15-18-7-11-21(12-8-18)32-27(34)31-20-5-3-2-4-6-20/h2-14,17H,15-16H2,1H3,(H,28,29,30)(H2,31,32,34). The van der Waals surface area contributed by atoms with E-state index in [1.165, 1.54) is 6.33 Å². The van der Waals surface area contributed by atoms with Crippen molar-refractivity contribution in [1.29, 1.82) is 0 Å². The van der Waals surface area contributed by atoms with Crippen LogP contribution in [-0.4, -0.2) is 34.6 Å². The van der Waals surface area contributed by atoms with Crippen molar-refractivity contribution in [1.82, 2.24) is 15.0 Å². The molecular weight excluding hydrogens is 456 g/mol. The molecule has 0 bridgehead atoms. The molecule has 180 valence electrons. The number of fused-ring (bicyclic) bond motifs is 1. The molecular formula is C27H24N6O3. The van der Waals surface area contributed by atoms with E-state index in [9.17, 15) is 4.79 Å². The van der Waals surface area contributed by atoms with Gasteiger partial charge in [-0.2, -0.15) is 4.98 Å². The fourth-order valence-corrected chi connectivity index (χ4v) is 3.64. The summed E-state index contributed by atoms with van der Waals surface area (Å²) in [6, 6.07) is 24.2. The van der Waals surface area contributed by atoms with Crippen LogP contribution >= 0.6 is 0 Å². The molecule has 5 rings (SSSR count). The van der Waals surface area contributed by atoms with Crippen molar-refractivity contribution >= 4 is 34.5 Å². The number of amides is 2. The van der Waals surface area contributed by atoms with Crippen LogP contribution in [0.3, 0.4) is 0 Å². The van der Waals surface area contributed by atoms with Gasteiger partial charge in [0.15, 0.2) is 11.3 Å². The largest absolute Gasteiger partial charge is 0.497 e. The Balaban J connectivity index is 1.18. The second-order valence-electron chi connectivity index (χ2n) is 7.94. The number of ether oxygens (including phenoxy) is 1. The van der Waals surface area contributed by atoms with Gasteiger partial charge in [-0.3, -0.25) is 0 Å². The summed E-state index contributed by atoms with van der Waals surface area (Å²) in [4.78, 5) is 25.3. The van der Waals surface area contributed by atoms with E-state index in [1.54, 1.807) is 7.11 Å². The number of nitrogens with zero attached hydrogens (tertiary/aromatic N) is 3. The van der Waals surface area contributed by atoms with Crippen LogP contribution in [0.5, 0.6) is 5.75 Å². The molecule has 0 saturated heterocycles. The van der Waals surface area contributed by atoms with Gasteiger partial charge in [0.05, 0.1) is 7.11 Å². The van der Waals surface area contributed by atoms with Gasteiger partial charge in [-0.15, -0.1) is 0 Å². The number of methoxy groups -OCH3 is 1. The molecule has 0 unspecified atom stereocenters. The predicted octanol–water partition coefficient (Wildman–Crippen LogP) is 5.59. The van der Waals surface area contributed by atoms with Crippen molar-refractivity contribution in [3.05, 3.63) is 90.8 Å². The lowest BCUT2D eigenvalue weighted by Crippen LogP contribution is -2.19. The highest BCUT2D eigenvalue weighted by atomic mass is 16.5. The first-order valence-corrected chi connectivity index (χ1v) is 11.4. The number of rotatable bonds is 8. The van der Waals surface area contributed by atoms with Crippen molar-refractivity contribution in [3.63, 3.8) is 0 Å². The van der Waals surface area contributed by atoms with E-state index in [0.717, 1.165) is 29.0 Å². The Morgan fingerprint density at radius 2 is 1.61 bits per heavy atom. The van der Waals surface area contributed by atoms with Crippen LogP contribution in [-0.2, 0) is 6.42 Å². The Kier molecular flexibility index (Phi) is 6.70. The van der Waals surface area contributed by atoms with E-state index >= 15 is 0 Å². The number of aromatic nitrogens is 3. The zero-order valence-electron chi connectivity index (χ0n) is 19.6. The summed E-state index contributed by atoms with van der Waals surface area (Å²) in [5.41, 5.74) is 4.38. The molecule has 36 heavy (non-hydrogen) atoms. The zero-order chi connectivity index (χ0) is 24.7. The molecule has 2 aromatic heterocycles. The van der Waals surface area contributed by atoms with Gasteiger partial charge in [0.1, 0.15) is 12.1 Å². The third kappa shape index (κ3) is 5.41. The molecule has 0 aliphatic rings. The molecule has 2 heterocycles. The second-order valence-corrected chi connectivity index (χ2v) is 7.94. The van der Waals surface area contributed by atoms with Crippen molar-refractivity contribution in [3.8, 4) is 17.2 Å². The number of anilines is 3. The van der Waals surface area contributed by atoms with E-state index in [4.69, 9.17) is 9.15 Å². The van der Waals surface area contributed by atoms with Gasteiger partial charge in [-0.05, 0) is 60.5 Å². The molecule has 0 saturated carbocycles. The van der Waals surface area contributed by atoms with E-state index in [2.05, 4.69) is 30.9 Å². The zero-order valence-corrected chi connectivity index (χ0v) is 19.6. The Hall–Kier alpha value is -4.92. The van der Waals surface area contributed by atoms with E-state index in [-0.39, 0.29) is 6.03 Å². The summed E-state index contributed by atoms with van der Waals surface area (Å²) in [5.74, 6) is 1.84. The van der Waals surface area contributed by atoms with E-state index < -0.39 is 0 Å². The summed E-state index contributed by atoms with van der Waals surface area (Å²) >= 11 is 0. The molecule has 2 amide bonds. The average Bonchev–Trinajstić information content (AvgIpc) is 3.36. The summed E-state index contributed by atoms with van der Waals surface area (Å²) in [7, 11) is 1.62. The van der Waals surface area contributed by atoms with Crippen LogP contribution in [0.1, 0.15) is 5.56 Å². The highest BCUT2D eigenvalue weighted by Gasteiger charge is 2.14. The number of carbonyl (C=O) groups is 1. The van der Waals surface area contributed by atoms with Crippen LogP contribution in [0.2, 0.25) is 0 Å². The first kappa shape index (κ1) is 22.9. The molecule has 0 aliphatic carbocycles. The van der Waals surface area contributed by atoms with Crippen molar-refractivity contribution < 1.29 is 13.9 Å². The lowest BCUT2D eigenvalue weighted by molar-refractivity contribution is 0.262. The first-order valence-electron chi connectivity index (χ1n) is 11.4. The van der Waals surface area contributed by atoms with Gasteiger partial charge in [-0.25, -0.2) is 14.8 Å². The van der Waals surface area contributed by atoms with Gasteiger partial charge in [-0.1, -0.05) is 30.3 Å². The van der Waals surface area contributed by atoms with Crippen LogP contribution in [0.15, 0.2) is 89.6 Å². The van der Waals surface area contributed by atoms with Gasteiger partial charge < -0.3 is 25.1 Å². The minimum atomic E-state index is -0.287. The molecule has 0 radical (unpaired) electrons. The average molecular weight is 481 g/mol. The van der Waals surface area contributed by atoms with Crippen molar-refractivity contribution in [2.24, 2.45) is 0 Å². The number of nitrogens with one attached hydrogen (secondary N) is 3. The summed E-state index contributed by atoms with van der Waals surface area (Å²) in [6.07, 6.45) is 2.21. The molecule has 0 aliphatic heterocycles. The topological polar surface area (TPSA) is 114 Å².